The molecule has 1 saturated carbocycles. The maximum absolute atomic E-state index is 14.0. The molecule has 25 heavy (non-hydrogen) atoms. The summed E-state index contributed by atoms with van der Waals surface area (Å²) in [6.07, 6.45) is 1.86. The Kier molecular flexibility index (Phi) is 3.87. The molecule has 0 atom stereocenters. The first kappa shape index (κ1) is 15.6. The van der Waals surface area contributed by atoms with Crippen molar-refractivity contribution in [1.82, 2.24) is 4.90 Å². The van der Waals surface area contributed by atoms with E-state index in [0.29, 0.717) is 22.6 Å². The van der Waals surface area contributed by atoms with E-state index in [-0.39, 0.29) is 36.8 Å². The second-order valence-electron chi connectivity index (χ2n) is 6.30. The minimum Gasteiger partial charge on any atom is -0.482 e. The van der Waals surface area contributed by atoms with E-state index in [1.807, 2.05) is 0 Å². The molecule has 0 saturated heterocycles. The van der Waals surface area contributed by atoms with Crippen molar-refractivity contribution in [3.63, 3.8) is 0 Å². The van der Waals surface area contributed by atoms with E-state index in [1.165, 1.54) is 6.07 Å². The molecular weight excluding hydrogens is 323 g/mol. The third kappa shape index (κ3) is 3.20. The number of nitrogens with zero attached hydrogens (tertiary/aromatic N) is 1. The average Bonchev–Trinajstić information content (AvgIpc) is 3.45. The standard InChI is InChI=1S/C19H17FN2O3/c20-15-4-2-1-3-13(15)10-22(14-6-7-14)19(24)12-5-8-16-17(9-12)25-11-18(23)21-16/h1-5,8-9,14H,6-7,10-11H2,(H,21,23). The minimum absolute atomic E-state index is 0.0633. The number of hydrogen-bond donors (Lipinski definition) is 1. The number of rotatable bonds is 4. The Labute approximate surface area is 144 Å². The highest BCUT2D eigenvalue weighted by atomic mass is 19.1. The summed E-state index contributed by atoms with van der Waals surface area (Å²) in [6, 6.07) is 11.6. The molecule has 1 heterocycles. The topological polar surface area (TPSA) is 58.6 Å². The Bertz CT molecular complexity index is 848. The molecule has 4 rings (SSSR count). The first-order chi connectivity index (χ1) is 12.1. The molecule has 0 unspecified atom stereocenters. The first-order valence-corrected chi connectivity index (χ1v) is 8.23. The van der Waals surface area contributed by atoms with E-state index in [0.717, 1.165) is 12.8 Å². The summed E-state index contributed by atoms with van der Waals surface area (Å²) < 4.78 is 19.3. The van der Waals surface area contributed by atoms with Crippen LogP contribution in [0.5, 0.6) is 5.75 Å². The van der Waals surface area contributed by atoms with E-state index in [4.69, 9.17) is 4.74 Å². The van der Waals surface area contributed by atoms with Gasteiger partial charge in [-0.2, -0.15) is 0 Å². The van der Waals surface area contributed by atoms with E-state index < -0.39 is 0 Å². The lowest BCUT2D eigenvalue weighted by molar-refractivity contribution is -0.118. The van der Waals surface area contributed by atoms with Crippen molar-refractivity contribution in [1.29, 1.82) is 0 Å². The summed E-state index contributed by atoms with van der Waals surface area (Å²) in [5, 5.41) is 2.70. The summed E-state index contributed by atoms with van der Waals surface area (Å²) in [6.45, 7) is 0.178. The second-order valence-corrected chi connectivity index (χ2v) is 6.30. The van der Waals surface area contributed by atoms with Crippen LogP contribution in [-0.2, 0) is 11.3 Å². The fourth-order valence-corrected chi connectivity index (χ4v) is 2.94. The molecule has 1 aliphatic heterocycles. The first-order valence-electron chi connectivity index (χ1n) is 8.23. The monoisotopic (exact) mass is 340 g/mol. The Hall–Kier alpha value is -2.89. The molecule has 6 heteroatoms. The van der Waals surface area contributed by atoms with Gasteiger partial charge in [-0.15, -0.1) is 0 Å². The van der Waals surface area contributed by atoms with Gasteiger partial charge >= 0.3 is 0 Å². The van der Waals surface area contributed by atoms with Gasteiger partial charge in [-0.25, -0.2) is 4.39 Å². The zero-order chi connectivity index (χ0) is 17.4. The predicted molar refractivity (Wildman–Crippen MR) is 89.9 cm³/mol. The summed E-state index contributed by atoms with van der Waals surface area (Å²) >= 11 is 0. The van der Waals surface area contributed by atoms with Gasteiger partial charge in [-0.3, -0.25) is 9.59 Å². The SMILES string of the molecule is O=C1COc2cc(C(=O)N(Cc3ccccc3F)C3CC3)ccc2N1. The van der Waals surface area contributed by atoms with Gasteiger partial charge in [0.1, 0.15) is 11.6 Å². The largest absolute Gasteiger partial charge is 0.482 e. The van der Waals surface area contributed by atoms with Crippen molar-refractivity contribution in [2.45, 2.75) is 25.4 Å². The Morgan fingerprint density at radius 3 is 2.80 bits per heavy atom. The lowest BCUT2D eigenvalue weighted by Crippen LogP contribution is -2.33. The summed E-state index contributed by atoms with van der Waals surface area (Å²) in [5.41, 5.74) is 1.53. The third-order valence-electron chi connectivity index (χ3n) is 4.41. The van der Waals surface area contributed by atoms with E-state index in [2.05, 4.69) is 5.32 Å². The van der Waals surface area contributed by atoms with Gasteiger partial charge in [0.25, 0.3) is 11.8 Å². The predicted octanol–water partition coefficient (Wildman–Crippen LogP) is 2.96. The van der Waals surface area contributed by atoms with Gasteiger partial charge in [0.15, 0.2) is 6.61 Å². The number of halogens is 1. The number of benzene rings is 2. The molecule has 0 aromatic heterocycles. The fraction of sp³-hybridized carbons (Fsp3) is 0.263. The highest BCUT2D eigenvalue weighted by Gasteiger charge is 2.34. The Morgan fingerprint density at radius 2 is 2.04 bits per heavy atom. The van der Waals surface area contributed by atoms with Crippen LogP contribution < -0.4 is 10.1 Å². The maximum atomic E-state index is 14.0. The second kappa shape index (κ2) is 6.20. The molecule has 2 aliphatic rings. The smallest absolute Gasteiger partial charge is 0.262 e. The van der Waals surface area contributed by atoms with Gasteiger partial charge in [0, 0.05) is 23.7 Å². The quantitative estimate of drug-likeness (QED) is 0.931. The molecule has 2 aromatic carbocycles. The molecular formula is C19H17FN2O3. The van der Waals surface area contributed by atoms with Crippen molar-refractivity contribution >= 4 is 17.5 Å². The average molecular weight is 340 g/mol. The van der Waals surface area contributed by atoms with Crippen LogP contribution in [0.25, 0.3) is 0 Å². The summed E-state index contributed by atoms with van der Waals surface area (Å²) in [7, 11) is 0. The van der Waals surface area contributed by atoms with Crippen LogP contribution in [0.4, 0.5) is 10.1 Å². The van der Waals surface area contributed by atoms with Crippen molar-refractivity contribution < 1.29 is 18.7 Å². The van der Waals surface area contributed by atoms with Crippen molar-refractivity contribution in [3.8, 4) is 5.75 Å². The fourth-order valence-electron chi connectivity index (χ4n) is 2.94. The Morgan fingerprint density at radius 1 is 1.24 bits per heavy atom. The molecule has 1 aliphatic carbocycles. The lowest BCUT2D eigenvalue weighted by atomic mass is 10.1. The molecule has 5 nitrogen and oxygen atoms in total. The van der Waals surface area contributed by atoms with Crippen LogP contribution in [0.15, 0.2) is 42.5 Å². The van der Waals surface area contributed by atoms with E-state index in [9.17, 15) is 14.0 Å². The van der Waals surface area contributed by atoms with E-state index >= 15 is 0 Å². The highest BCUT2D eigenvalue weighted by molar-refractivity contribution is 5.99. The number of carbonyl (C=O) groups is 2. The van der Waals surface area contributed by atoms with Crippen molar-refractivity contribution in [2.24, 2.45) is 0 Å². The molecule has 2 aromatic rings. The minimum atomic E-state index is -0.308. The number of amides is 2. The number of nitrogens with one attached hydrogen (secondary N) is 1. The zero-order valence-corrected chi connectivity index (χ0v) is 13.5. The van der Waals surface area contributed by atoms with Gasteiger partial charge in [0.05, 0.1) is 5.69 Å². The molecule has 0 spiro atoms. The van der Waals surface area contributed by atoms with Crippen LogP contribution in [0.2, 0.25) is 0 Å². The number of fused-ring (bicyclic) bond motifs is 1. The normalized spacial score (nSPS) is 15.8. The number of carbonyl (C=O) groups excluding carboxylic acids is 2. The van der Waals surface area contributed by atoms with Gasteiger partial charge in [-0.1, -0.05) is 18.2 Å². The van der Waals surface area contributed by atoms with Gasteiger partial charge in [-0.05, 0) is 37.1 Å². The number of hydrogen-bond acceptors (Lipinski definition) is 3. The van der Waals surface area contributed by atoms with Crippen molar-refractivity contribution in [2.75, 3.05) is 11.9 Å². The molecule has 128 valence electrons. The van der Waals surface area contributed by atoms with Crippen LogP contribution in [0.1, 0.15) is 28.8 Å². The molecule has 1 fully saturated rings. The molecule has 0 bridgehead atoms. The van der Waals surface area contributed by atoms with Crippen LogP contribution in [-0.4, -0.2) is 29.4 Å². The van der Waals surface area contributed by atoms with E-state index in [1.54, 1.807) is 41.3 Å². The number of anilines is 1. The van der Waals surface area contributed by atoms with Crippen LogP contribution >= 0.6 is 0 Å². The summed E-state index contributed by atoms with van der Waals surface area (Å²) in [5.74, 6) is -0.204. The van der Waals surface area contributed by atoms with Crippen molar-refractivity contribution in [3.05, 3.63) is 59.4 Å². The molecule has 1 N–H and O–H groups in total. The van der Waals surface area contributed by atoms with Gasteiger partial charge in [0.2, 0.25) is 0 Å². The zero-order valence-electron chi connectivity index (χ0n) is 13.5. The lowest BCUT2D eigenvalue weighted by Gasteiger charge is -2.24. The number of ether oxygens (including phenoxy) is 1. The molecule has 2 amide bonds. The summed E-state index contributed by atoms with van der Waals surface area (Å²) in [4.78, 5) is 26.0. The highest BCUT2D eigenvalue weighted by Crippen LogP contribution is 2.33. The maximum Gasteiger partial charge on any atom is 0.262 e. The third-order valence-corrected chi connectivity index (χ3v) is 4.41. The van der Waals surface area contributed by atoms with Crippen LogP contribution in [0.3, 0.4) is 0 Å². The molecule has 0 radical (unpaired) electrons. The Balaban J connectivity index is 1.59. The van der Waals surface area contributed by atoms with Crippen LogP contribution in [0, 0.1) is 5.82 Å². The van der Waals surface area contributed by atoms with Gasteiger partial charge < -0.3 is 15.0 Å².